The summed E-state index contributed by atoms with van der Waals surface area (Å²) in [5, 5.41) is 8.43. The van der Waals surface area contributed by atoms with Gasteiger partial charge in [-0.05, 0) is 50.1 Å². The Morgan fingerprint density at radius 3 is 2.61 bits per heavy atom. The molecule has 1 aliphatic carbocycles. The molecule has 5 rings (SSSR count). The Kier molecular flexibility index (Phi) is 4.77. The van der Waals surface area contributed by atoms with Crippen molar-refractivity contribution in [3.05, 3.63) is 76.6 Å². The first-order valence-electron chi connectivity index (χ1n) is 10.5. The lowest BCUT2D eigenvalue weighted by Gasteiger charge is -2.33. The largest absolute Gasteiger partial charge is 0.497 e. The number of Topliss-reactive ketones (excluding diaryl/α,β-unsaturated/α-hetero) is 1. The van der Waals surface area contributed by atoms with Crippen molar-refractivity contribution in [2.24, 2.45) is 0 Å². The molecule has 0 bridgehead atoms. The SMILES string of the molecule is COc1ccc(OC)c(C2C3=C(CCCC3=O)Nc3c2c(C)nn3-c2ccccc2)c1. The monoisotopic (exact) mass is 415 g/mol. The number of benzene rings is 2. The van der Waals surface area contributed by atoms with Crippen LogP contribution >= 0.6 is 0 Å². The minimum atomic E-state index is -0.262. The van der Waals surface area contributed by atoms with Gasteiger partial charge in [-0.15, -0.1) is 0 Å². The van der Waals surface area contributed by atoms with E-state index in [1.807, 2.05) is 60.1 Å². The number of para-hydroxylation sites is 1. The van der Waals surface area contributed by atoms with Crippen LogP contribution in [0.5, 0.6) is 11.5 Å². The lowest BCUT2D eigenvalue weighted by atomic mass is 9.75. The van der Waals surface area contributed by atoms with Gasteiger partial charge in [-0.2, -0.15) is 5.10 Å². The predicted octanol–water partition coefficient (Wildman–Crippen LogP) is 4.76. The second-order valence-electron chi connectivity index (χ2n) is 7.93. The average Bonchev–Trinajstić information content (AvgIpc) is 3.14. The van der Waals surface area contributed by atoms with Gasteiger partial charge in [-0.1, -0.05) is 18.2 Å². The van der Waals surface area contributed by atoms with Gasteiger partial charge in [0.2, 0.25) is 0 Å². The number of methoxy groups -OCH3 is 2. The molecule has 158 valence electrons. The number of aromatic nitrogens is 2. The highest BCUT2D eigenvalue weighted by atomic mass is 16.5. The minimum absolute atomic E-state index is 0.182. The summed E-state index contributed by atoms with van der Waals surface area (Å²) in [6, 6.07) is 15.8. The van der Waals surface area contributed by atoms with Gasteiger partial charge in [0.25, 0.3) is 0 Å². The second-order valence-corrected chi connectivity index (χ2v) is 7.93. The summed E-state index contributed by atoms with van der Waals surface area (Å²) < 4.78 is 13.2. The molecule has 1 aromatic heterocycles. The molecule has 1 atom stereocenters. The third-order valence-electron chi connectivity index (χ3n) is 6.16. The Morgan fingerprint density at radius 1 is 1.06 bits per heavy atom. The van der Waals surface area contributed by atoms with E-state index >= 15 is 0 Å². The maximum atomic E-state index is 13.2. The van der Waals surface area contributed by atoms with Crippen LogP contribution in [-0.4, -0.2) is 29.8 Å². The Morgan fingerprint density at radius 2 is 1.87 bits per heavy atom. The quantitative estimate of drug-likeness (QED) is 0.665. The standard InChI is InChI=1S/C25H25N3O3/c1-15-22-23(18-14-17(30-2)12-13-21(18)31-3)24-19(10-7-11-20(24)29)26-25(22)28(27-15)16-8-5-4-6-9-16/h4-6,8-9,12-14,23,26H,7,10-11H2,1-3H3. The summed E-state index contributed by atoms with van der Waals surface area (Å²) >= 11 is 0. The molecule has 2 aromatic carbocycles. The Bertz CT molecular complexity index is 1190. The third-order valence-corrected chi connectivity index (χ3v) is 6.16. The van der Waals surface area contributed by atoms with Crippen LogP contribution in [0.4, 0.5) is 5.82 Å². The fourth-order valence-corrected chi connectivity index (χ4v) is 4.75. The molecule has 0 radical (unpaired) electrons. The molecule has 31 heavy (non-hydrogen) atoms. The zero-order chi connectivity index (χ0) is 21.5. The van der Waals surface area contributed by atoms with Crippen LogP contribution in [0.25, 0.3) is 5.69 Å². The van der Waals surface area contributed by atoms with E-state index in [1.54, 1.807) is 14.2 Å². The number of aryl methyl sites for hydroxylation is 1. The Hall–Kier alpha value is -3.54. The molecule has 1 aliphatic heterocycles. The highest BCUT2D eigenvalue weighted by molar-refractivity contribution is 6.01. The topological polar surface area (TPSA) is 65.4 Å². The summed E-state index contributed by atoms with van der Waals surface area (Å²) in [5.74, 6) is 2.29. The molecule has 0 spiro atoms. The van der Waals surface area contributed by atoms with E-state index in [-0.39, 0.29) is 11.7 Å². The zero-order valence-electron chi connectivity index (χ0n) is 17.9. The summed E-state index contributed by atoms with van der Waals surface area (Å²) in [4.78, 5) is 13.2. The van der Waals surface area contributed by atoms with E-state index < -0.39 is 0 Å². The molecule has 0 saturated heterocycles. The number of ketones is 1. The van der Waals surface area contributed by atoms with Gasteiger partial charge >= 0.3 is 0 Å². The molecule has 2 aliphatic rings. The van der Waals surface area contributed by atoms with Gasteiger partial charge in [0.1, 0.15) is 17.3 Å². The zero-order valence-corrected chi connectivity index (χ0v) is 17.9. The Balaban J connectivity index is 1.79. The first kappa shape index (κ1) is 19.4. The number of nitrogens with zero attached hydrogens (tertiary/aromatic N) is 2. The highest BCUT2D eigenvalue weighted by Crippen LogP contribution is 2.49. The van der Waals surface area contributed by atoms with Gasteiger partial charge in [-0.3, -0.25) is 4.79 Å². The van der Waals surface area contributed by atoms with Crippen LogP contribution in [-0.2, 0) is 4.79 Å². The van der Waals surface area contributed by atoms with Crippen molar-refractivity contribution in [3.8, 4) is 17.2 Å². The maximum absolute atomic E-state index is 13.2. The van der Waals surface area contributed by atoms with Crippen LogP contribution in [0.2, 0.25) is 0 Å². The van der Waals surface area contributed by atoms with E-state index in [1.165, 1.54) is 0 Å². The molecular formula is C25H25N3O3. The number of fused-ring (bicyclic) bond motifs is 1. The first-order chi connectivity index (χ1) is 15.1. The van der Waals surface area contributed by atoms with E-state index in [2.05, 4.69) is 5.32 Å². The van der Waals surface area contributed by atoms with Gasteiger partial charge in [0.15, 0.2) is 5.78 Å². The Labute approximate surface area is 181 Å². The lowest BCUT2D eigenvalue weighted by molar-refractivity contribution is -0.116. The van der Waals surface area contributed by atoms with Crippen molar-refractivity contribution in [2.45, 2.75) is 32.1 Å². The molecular weight excluding hydrogens is 390 g/mol. The maximum Gasteiger partial charge on any atom is 0.161 e. The van der Waals surface area contributed by atoms with Gasteiger partial charge in [0, 0.05) is 34.7 Å². The van der Waals surface area contributed by atoms with Crippen LogP contribution < -0.4 is 14.8 Å². The molecule has 1 N–H and O–H groups in total. The fourth-order valence-electron chi connectivity index (χ4n) is 4.75. The molecule has 0 saturated carbocycles. The molecule has 6 nitrogen and oxygen atoms in total. The van der Waals surface area contributed by atoms with E-state index in [0.29, 0.717) is 6.42 Å². The van der Waals surface area contributed by atoms with Crippen molar-refractivity contribution in [2.75, 3.05) is 19.5 Å². The van der Waals surface area contributed by atoms with Crippen LogP contribution in [0.15, 0.2) is 59.8 Å². The number of anilines is 1. The van der Waals surface area contributed by atoms with Crippen molar-refractivity contribution in [3.63, 3.8) is 0 Å². The van der Waals surface area contributed by atoms with E-state index in [0.717, 1.165) is 63.9 Å². The normalized spacial score (nSPS) is 17.6. The third kappa shape index (κ3) is 3.10. The van der Waals surface area contributed by atoms with Crippen molar-refractivity contribution < 1.29 is 14.3 Å². The summed E-state index contributed by atoms with van der Waals surface area (Å²) in [6.07, 6.45) is 2.24. The molecule has 0 fully saturated rings. The number of hydrogen-bond acceptors (Lipinski definition) is 5. The number of rotatable bonds is 4. The number of allylic oxidation sites excluding steroid dienone is 2. The lowest BCUT2D eigenvalue weighted by Crippen LogP contribution is -2.27. The number of carbonyl (C=O) groups is 1. The second kappa shape index (κ2) is 7.61. The molecule has 3 aromatic rings. The van der Waals surface area contributed by atoms with E-state index in [9.17, 15) is 4.79 Å². The summed E-state index contributed by atoms with van der Waals surface area (Å²) in [7, 11) is 3.31. The highest BCUT2D eigenvalue weighted by Gasteiger charge is 2.40. The van der Waals surface area contributed by atoms with Crippen molar-refractivity contribution in [1.82, 2.24) is 9.78 Å². The molecule has 0 amide bonds. The summed E-state index contributed by atoms with van der Waals surface area (Å²) in [6.45, 7) is 2.00. The average molecular weight is 415 g/mol. The molecule has 1 unspecified atom stereocenters. The molecule has 6 heteroatoms. The number of hydrogen-bond donors (Lipinski definition) is 1. The molecule has 2 heterocycles. The van der Waals surface area contributed by atoms with Crippen molar-refractivity contribution in [1.29, 1.82) is 0 Å². The number of carbonyl (C=O) groups excluding carboxylic acids is 1. The first-order valence-corrected chi connectivity index (χ1v) is 10.5. The van der Waals surface area contributed by atoms with Crippen LogP contribution in [0, 0.1) is 6.92 Å². The number of ether oxygens (including phenoxy) is 2. The fraction of sp³-hybridized carbons (Fsp3) is 0.280. The predicted molar refractivity (Wildman–Crippen MR) is 119 cm³/mol. The van der Waals surface area contributed by atoms with E-state index in [4.69, 9.17) is 14.6 Å². The minimum Gasteiger partial charge on any atom is -0.497 e. The van der Waals surface area contributed by atoms with Gasteiger partial charge in [-0.25, -0.2) is 4.68 Å². The smallest absolute Gasteiger partial charge is 0.161 e. The number of nitrogens with one attached hydrogen (secondary N) is 1. The van der Waals surface area contributed by atoms with Crippen molar-refractivity contribution >= 4 is 11.6 Å². The van der Waals surface area contributed by atoms with Crippen LogP contribution in [0.1, 0.15) is 42.0 Å². The van der Waals surface area contributed by atoms with Gasteiger partial charge in [0.05, 0.1) is 25.6 Å². The summed E-state index contributed by atoms with van der Waals surface area (Å²) in [5.41, 5.74) is 5.58. The van der Waals surface area contributed by atoms with Crippen LogP contribution in [0.3, 0.4) is 0 Å². The van der Waals surface area contributed by atoms with Gasteiger partial charge < -0.3 is 14.8 Å².